The van der Waals surface area contributed by atoms with Crippen LogP contribution in [-0.2, 0) is 10.2 Å². The van der Waals surface area contributed by atoms with Crippen molar-refractivity contribution < 1.29 is 9.90 Å². The molecule has 1 aliphatic heterocycles. The summed E-state index contributed by atoms with van der Waals surface area (Å²) in [6.07, 6.45) is 1.90. The number of carboxylic acids is 1. The lowest BCUT2D eigenvalue weighted by Crippen LogP contribution is -2.60. The number of carbonyl (C=O) groups is 1. The molecule has 0 spiro atoms. The van der Waals surface area contributed by atoms with Gasteiger partial charge in [0.1, 0.15) is 0 Å². The average molecular weight is 407 g/mol. The van der Waals surface area contributed by atoms with E-state index in [0.29, 0.717) is 6.54 Å². The number of nitrogens with two attached hydrogens (primary N) is 1. The highest BCUT2D eigenvalue weighted by Gasteiger charge is 2.68. The molecule has 2 bridgehead atoms. The Bertz CT molecular complexity index is 890. The third-order valence-corrected chi connectivity index (χ3v) is 7.05. The number of benzene rings is 2. The van der Waals surface area contributed by atoms with Crippen LogP contribution in [0.15, 0.2) is 48.5 Å². The number of fused-ring (bicyclic) bond motifs is 1. The number of carboxylic acid groups (broad SMARTS) is 1. The topological polar surface area (TPSA) is 75.4 Å². The van der Waals surface area contributed by atoms with Crippen LogP contribution in [0.1, 0.15) is 35.4 Å². The number of hydrogen-bond donors (Lipinski definition) is 3. The van der Waals surface area contributed by atoms with Crippen LogP contribution in [0.5, 0.6) is 0 Å². The van der Waals surface area contributed by atoms with Crippen molar-refractivity contribution in [3.05, 3.63) is 65.2 Å². The van der Waals surface area contributed by atoms with E-state index in [1.165, 1.54) is 11.1 Å². The Hall–Kier alpha value is -1.75. The number of nitrogens with one attached hydrogen (secondary N) is 1. The van der Waals surface area contributed by atoms with Crippen molar-refractivity contribution in [2.45, 2.75) is 24.2 Å². The number of nitrogen functional groups attached to an aromatic ring is 1. The molecule has 144 valence electrons. The molecule has 4 unspecified atom stereocenters. The van der Waals surface area contributed by atoms with Gasteiger partial charge in [0.25, 0.3) is 0 Å². The summed E-state index contributed by atoms with van der Waals surface area (Å²) < 4.78 is 0. The molecular weight excluding hydrogens is 383 g/mol. The Morgan fingerprint density at radius 2 is 1.93 bits per heavy atom. The van der Waals surface area contributed by atoms with Gasteiger partial charge in [0, 0.05) is 36.0 Å². The van der Waals surface area contributed by atoms with Gasteiger partial charge in [0.15, 0.2) is 0 Å². The first-order valence-electron chi connectivity index (χ1n) is 9.00. The molecule has 4 N–H and O–H groups in total. The van der Waals surface area contributed by atoms with Crippen LogP contribution in [0.25, 0.3) is 0 Å². The second-order valence-electron chi connectivity index (χ2n) is 7.80. The highest BCUT2D eigenvalue weighted by atomic mass is 35.5. The largest absolute Gasteiger partial charge is 0.481 e. The lowest BCUT2D eigenvalue weighted by atomic mass is 9.42. The van der Waals surface area contributed by atoms with Gasteiger partial charge in [-0.05, 0) is 41.7 Å². The summed E-state index contributed by atoms with van der Waals surface area (Å²) in [7, 11) is 0. The molecule has 2 aromatic carbocycles. The normalized spacial score (nSPS) is 32.6. The van der Waals surface area contributed by atoms with Crippen LogP contribution >= 0.6 is 24.8 Å². The molecule has 2 aromatic rings. The molecule has 0 radical (unpaired) electrons. The second-order valence-corrected chi connectivity index (χ2v) is 7.80. The summed E-state index contributed by atoms with van der Waals surface area (Å²) in [5.74, 6) is -0.521. The van der Waals surface area contributed by atoms with Crippen LogP contribution in [0.3, 0.4) is 0 Å². The van der Waals surface area contributed by atoms with Crippen molar-refractivity contribution in [2.75, 3.05) is 18.8 Å². The number of rotatable bonds is 2. The number of anilines is 1. The minimum Gasteiger partial charge on any atom is -0.481 e. The van der Waals surface area contributed by atoms with Gasteiger partial charge in [-0.3, -0.25) is 4.79 Å². The Kier molecular flexibility index (Phi) is 4.96. The molecule has 3 aliphatic carbocycles. The predicted octanol–water partition coefficient (Wildman–Crippen LogP) is 3.58. The van der Waals surface area contributed by atoms with Gasteiger partial charge in [-0.15, -0.1) is 24.8 Å². The maximum Gasteiger partial charge on any atom is 0.311 e. The van der Waals surface area contributed by atoms with Gasteiger partial charge in [-0.25, -0.2) is 0 Å². The quantitative estimate of drug-likeness (QED) is 0.666. The molecule has 27 heavy (non-hydrogen) atoms. The Balaban J connectivity index is 0.00000105. The summed E-state index contributed by atoms with van der Waals surface area (Å²) in [4.78, 5) is 12.5. The van der Waals surface area contributed by atoms with Crippen LogP contribution in [-0.4, -0.2) is 24.2 Å². The maximum absolute atomic E-state index is 12.5. The molecule has 1 saturated heterocycles. The van der Waals surface area contributed by atoms with Crippen molar-refractivity contribution in [3.8, 4) is 0 Å². The zero-order valence-electron chi connectivity index (χ0n) is 14.9. The van der Waals surface area contributed by atoms with E-state index in [1.54, 1.807) is 0 Å². The SMILES string of the molecule is Cl.Cl.Nc1cccc(C23CCC(c4ccccc42)C2(C(=O)O)CNCC32)c1. The standard InChI is InChI=1S/C21H22N2O2.2ClH/c22-14-5-3-4-13(10-14)20-9-8-17(15-6-1-2-7-16(15)20)21(19(24)25)12-23-11-18(20)21;;/h1-7,10,17-18,23H,8-9,11-12,22H2,(H,24,25);2*1H. The third kappa shape index (κ3) is 2.30. The minimum atomic E-state index is -0.725. The van der Waals surface area contributed by atoms with Crippen molar-refractivity contribution in [1.29, 1.82) is 0 Å². The van der Waals surface area contributed by atoms with Gasteiger partial charge in [0.2, 0.25) is 0 Å². The van der Waals surface area contributed by atoms with Gasteiger partial charge >= 0.3 is 5.97 Å². The molecule has 2 fully saturated rings. The number of halogens is 2. The highest BCUT2D eigenvalue weighted by Crippen LogP contribution is 2.67. The number of hydrogen-bond acceptors (Lipinski definition) is 3. The van der Waals surface area contributed by atoms with Gasteiger partial charge in [-0.1, -0.05) is 36.4 Å². The second kappa shape index (κ2) is 6.69. The van der Waals surface area contributed by atoms with Crippen molar-refractivity contribution in [3.63, 3.8) is 0 Å². The zero-order valence-corrected chi connectivity index (χ0v) is 16.5. The fourth-order valence-corrected chi connectivity index (χ4v) is 6.17. The molecule has 4 atom stereocenters. The van der Waals surface area contributed by atoms with E-state index in [2.05, 4.69) is 29.6 Å². The first-order chi connectivity index (χ1) is 12.1. The summed E-state index contributed by atoms with van der Waals surface area (Å²) in [5.41, 5.74) is 9.54. The van der Waals surface area contributed by atoms with E-state index in [9.17, 15) is 9.90 Å². The lowest BCUT2D eigenvalue weighted by molar-refractivity contribution is -0.157. The first-order valence-corrected chi connectivity index (χ1v) is 9.00. The van der Waals surface area contributed by atoms with Gasteiger partial charge < -0.3 is 16.2 Å². The molecule has 4 aliphatic rings. The fraction of sp³-hybridized carbons (Fsp3) is 0.381. The first kappa shape index (κ1) is 20.0. The maximum atomic E-state index is 12.5. The van der Waals surface area contributed by atoms with Crippen LogP contribution < -0.4 is 11.1 Å². The fourth-order valence-electron chi connectivity index (χ4n) is 6.17. The van der Waals surface area contributed by atoms with Gasteiger partial charge in [0.05, 0.1) is 5.41 Å². The summed E-state index contributed by atoms with van der Waals surface area (Å²) in [6, 6.07) is 16.5. The van der Waals surface area contributed by atoms with Gasteiger partial charge in [-0.2, -0.15) is 0 Å². The van der Waals surface area contributed by atoms with Crippen molar-refractivity contribution in [2.24, 2.45) is 11.3 Å². The predicted molar refractivity (Wildman–Crippen MR) is 111 cm³/mol. The van der Waals surface area contributed by atoms with Crippen molar-refractivity contribution in [1.82, 2.24) is 5.32 Å². The van der Waals surface area contributed by atoms with Crippen LogP contribution in [0.4, 0.5) is 5.69 Å². The molecule has 1 heterocycles. The van der Waals surface area contributed by atoms with E-state index < -0.39 is 11.4 Å². The van der Waals surface area contributed by atoms with E-state index in [-0.39, 0.29) is 42.1 Å². The molecule has 0 amide bonds. The number of aliphatic carboxylic acids is 1. The molecule has 0 aromatic heterocycles. The summed E-state index contributed by atoms with van der Waals surface area (Å²) in [6.45, 7) is 1.29. The summed E-state index contributed by atoms with van der Waals surface area (Å²) in [5, 5.41) is 13.7. The van der Waals surface area contributed by atoms with Crippen LogP contribution in [0.2, 0.25) is 0 Å². The third-order valence-electron chi connectivity index (χ3n) is 7.05. The zero-order chi connectivity index (χ0) is 17.2. The van der Waals surface area contributed by atoms with E-state index in [4.69, 9.17) is 5.73 Å². The van der Waals surface area contributed by atoms with Crippen molar-refractivity contribution >= 4 is 36.5 Å². The van der Waals surface area contributed by atoms with E-state index in [1.807, 2.05) is 24.3 Å². The van der Waals surface area contributed by atoms with E-state index >= 15 is 0 Å². The molecule has 6 heteroatoms. The lowest BCUT2D eigenvalue weighted by Gasteiger charge is -2.59. The molecule has 6 rings (SSSR count). The average Bonchev–Trinajstić information content (AvgIpc) is 3.10. The Labute approximate surface area is 171 Å². The summed E-state index contributed by atoms with van der Waals surface area (Å²) >= 11 is 0. The van der Waals surface area contributed by atoms with E-state index in [0.717, 1.165) is 30.6 Å². The monoisotopic (exact) mass is 406 g/mol. The smallest absolute Gasteiger partial charge is 0.311 e. The van der Waals surface area contributed by atoms with Crippen LogP contribution in [0, 0.1) is 11.3 Å². The Morgan fingerprint density at radius 1 is 1.15 bits per heavy atom. The Morgan fingerprint density at radius 3 is 2.67 bits per heavy atom. The molecule has 1 saturated carbocycles. The molecular formula is C21H24Cl2N2O2. The highest BCUT2D eigenvalue weighted by molar-refractivity contribution is 5.85. The molecule has 4 nitrogen and oxygen atoms in total. The minimum absolute atomic E-state index is 0.